The quantitative estimate of drug-likeness (QED) is 0.835. The second-order valence-electron chi connectivity index (χ2n) is 4.16. The lowest BCUT2D eigenvalue weighted by atomic mass is 10.1. The molecule has 1 aromatic carbocycles. The van der Waals surface area contributed by atoms with Gasteiger partial charge in [-0.15, -0.1) is 0 Å². The van der Waals surface area contributed by atoms with Gasteiger partial charge in [-0.05, 0) is 44.0 Å². The van der Waals surface area contributed by atoms with Gasteiger partial charge in [-0.1, -0.05) is 12.1 Å². The van der Waals surface area contributed by atoms with Gasteiger partial charge >= 0.3 is 0 Å². The molecule has 0 aliphatic heterocycles. The van der Waals surface area contributed by atoms with E-state index in [1.54, 1.807) is 0 Å². The lowest BCUT2D eigenvalue weighted by Crippen LogP contribution is -2.03. The van der Waals surface area contributed by atoms with E-state index in [4.69, 9.17) is 5.73 Å². The lowest BCUT2D eigenvalue weighted by molar-refractivity contribution is 0.826. The van der Waals surface area contributed by atoms with Crippen LogP contribution in [0.25, 0.3) is 5.69 Å². The molecule has 3 heteroatoms. The molecule has 2 rings (SSSR count). The van der Waals surface area contributed by atoms with Crippen LogP contribution in [-0.2, 0) is 6.54 Å². The van der Waals surface area contributed by atoms with E-state index in [0.29, 0.717) is 6.54 Å². The van der Waals surface area contributed by atoms with E-state index in [1.807, 2.05) is 11.6 Å². The van der Waals surface area contributed by atoms with Crippen molar-refractivity contribution in [1.82, 2.24) is 9.78 Å². The summed E-state index contributed by atoms with van der Waals surface area (Å²) in [5, 5.41) is 4.48. The number of nitrogens with two attached hydrogens (primary N) is 1. The van der Waals surface area contributed by atoms with E-state index in [9.17, 15) is 0 Å². The van der Waals surface area contributed by atoms with Gasteiger partial charge in [-0.25, -0.2) is 4.68 Å². The van der Waals surface area contributed by atoms with Crippen LogP contribution in [0.5, 0.6) is 0 Å². The molecule has 0 saturated carbocycles. The molecule has 0 aliphatic carbocycles. The van der Waals surface area contributed by atoms with Crippen LogP contribution in [0.15, 0.2) is 24.3 Å². The van der Waals surface area contributed by atoms with E-state index in [0.717, 1.165) is 22.6 Å². The van der Waals surface area contributed by atoms with Crippen LogP contribution < -0.4 is 5.73 Å². The molecule has 0 atom stereocenters. The van der Waals surface area contributed by atoms with Gasteiger partial charge in [-0.2, -0.15) is 5.10 Å². The second kappa shape index (κ2) is 4.10. The minimum Gasteiger partial charge on any atom is -0.326 e. The van der Waals surface area contributed by atoms with Gasteiger partial charge in [0.2, 0.25) is 0 Å². The van der Waals surface area contributed by atoms with Gasteiger partial charge in [0, 0.05) is 12.2 Å². The predicted molar refractivity (Wildman–Crippen MR) is 65.7 cm³/mol. The number of rotatable bonds is 2. The second-order valence-corrected chi connectivity index (χ2v) is 4.16. The molecule has 1 heterocycles. The Morgan fingerprint density at radius 3 is 2.44 bits per heavy atom. The number of hydrogen-bond donors (Lipinski definition) is 1. The van der Waals surface area contributed by atoms with Gasteiger partial charge in [0.1, 0.15) is 0 Å². The van der Waals surface area contributed by atoms with Crippen molar-refractivity contribution in [3.05, 3.63) is 46.8 Å². The van der Waals surface area contributed by atoms with Crippen molar-refractivity contribution >= 4 is 0 Å². The Morgan fingerprint density at radius 1 is 1.19 bits per heavy atom. The van der Waals surface area contributed by atoms with E-state index in [2.05, 4.69) is 43.2 Å². The lowest BCUT2D eigenvalue weighted by Gasteiger charge is -2.09. The number of hydrogen-bond acceptors (Lipinski definition) is 2. The van der Waals surface area contributed by atoms with Crippen LogP contribution >= 0.6 is 0 Å². The normalized spacial score (nSPS) is 10.8. The summed E-state index contributed by atoms with van der Waals surface area (Å²) in [4.78, 5) is 0. The number of aromatic nitrogens is 2. The fourth-order valence-corrected chi connectivity index (χ4v) is 1.95. The third-order valence-corrected chi connectivity index (χ3v) is 2.73. The highest BCUT2D eigenvalue weighted by molar-refractivity contribution is 5.43. The van der Waals surface area contributed by atoms with Gasteiger partial charge in [0.05, 0.1) is 11.4 Å². The van der Waals surface area contributed by atoms with Crippen LogP contribution in [0, 0.1) is 20.8 Å². The zero-order valence-corrected chi connectivity index (χ0v) is 9.99. The Hall–Kier alpha value is -1.61. The zero-order chi connectivity index (χ0) is 11.7. The highest BCUT2D eigenvalue weighted by Crippen LogP contribution is 2.17. The molecule has 0 amide bonds. The number of benzene rings is 1. The molecule has 0 spiro atoms. The number of aryl methyl sites for hydroxylation is 3. The van der Waals surface area contributed by atoms with Crippen molar-refractivity contribution < 1.29 is 0 Å². The van der Waals surface area contributed by atoms with Crippen LogP contribution in [0.2, 0.25) is 0 Å². The molecule has 2 N–H and O–H groups in total. The van der Waals surface area contributed by atoms with Crippen LogP contribution in [-0.4, -0.2) is 9.78 Å². The Kier molecular flexibility index (Phi) is 2.79. The van der Waals surface area contributed by atoms with Gasteiger partial charge in [0.15, 0.2) is 0 Å². The largest absolute Gasteiger partial charge is 0.326 e. The Bertz CT molecular complexity index is 512. The molecule has 3 nitrogen and oxygen atoms in total. The average Bonchev–Trinajstić information content (AvgIpc) is 2.57. The first-order valence-electron chi connectivity index (χ1n) is 5.45. The van der Waals surface area contributed by atoms with Crippen LogP contribution in [0.3, 0.4) is 0 Å². The Labute approximate surface area is 95.9 Å². The molecular formula is C13H17N3. The van der Waals surface area contributed by atoms with Crippen molar-refractivity contribution in [2.45, 2.75) is 27.3 Å². The molecule has 2 aromatic rings. The highest BCUT2D eigenvalue weighted by Gasteiger charge is 2.06. The molecule has 0 saturated heterocycles. The van der Waals surface area contributed by atoms with Crippen molar-refractivity contribution in [3.8, 4) is 5.69 Å². The molecule has 0 aliphatic rings. The third-order valence-electron chi connectivity index (χ3n) is 2.73. The Balaban J connectivity index is 2.52. The average molecular weight is 215 g/mol. The van der Waals surface area contributed by atoms with Gasteiger partial charge in [0.25, 0.3) is 0 Å². The fourth-order valence-electron chi connectivity index (χ4n) is 1.95. The molecular weight excluding hydrogens is 198 g/mol. The van der Waals surface area contributed by atoms with Gasteiger partial charge < -0.3 is 5.73 Å². The molecule has 84 valence electrons. The first kappa shape index (κ1) is 10.9. The summed E-state index contributed by atoms with van der Waals surface area (Å²) in [6.07, 6.45) is 0. The summed E-state index contributed by atoms with van der Waals surface area (Å²) in [6, 6.07) is 8.33. The minimum atomic E-state index is 0.582. The molecule has 0 unspecified atom stereocenters. The van der Waals surface area contributed by atoms with Crippen LogP contribution in [0.1, 0.15) is 22.5 Å². The van der Waals surface area contributed by atoms with Crippen molar-refractivity contribution in [1.29, 1.82) is 0 Å². The maximum Gasteiger partial charge on any atom is 0.0678 e. The van der Waals surface area contributed by atoms with Crippen LogP contribution in [0.4, 0.5) is 0 Å². The topological polar surface area (TPSA) is 43.8 Å². The minimum absolute atomic E-state index is 0.582. The van der Waals surface area contributed by atoms with Gasteiger partial charge in [-0.3, -0.25) is 0 Å². The van der Waals surface area contributed by atoms with Crippen molar-refractivity contribution in [2.24, 2.45) is 5.73 Å². The number of nitrogens with zero attached hydrogens (tertiary/aromatic N) is 2. The Morgan fingerprint density at radius 2 is 1.94 bits per heavy atom. The smallest absolute Gasteiger partial charge is 0.0678 e. The highest BCUT2D eigenvalue weighted by atomic mass is 15.3. The maximum atomic E-state index is 5.62. The monoisotopic (exact) mass is 215 g/mol. The summed E-state index contributed by atoms with van der Waals surface area (Å²) >= 11 is 0. The maximum absolute atomic E-state index is 5.62. The van der Waals surface area contributed by atoms with E-state index >= 15 is 0 Å². The van der Waals surface area contributed by atoms with Crippen molar-refractivity contribution in [3.63, 3.8) is 0 Å². The van der Waals surface area contributed by atoms with E-state index < -0.39 is 0 Å². The molecule has 1 aromatic heterocycles. The SMILES string of the molecule is Cc1cc(C)n(-c2ccc(CN)cc2C)n1. The summed E-state index contributed by atoms with van der Waals surface area (Å²) in [5.74, 6) is 0. The molecule has 16 heavy (non-hydrogen) atoms. The molecule has 0 fully saturated rings. The zero-order valence-electron chi connectivity index (χ0n) is 9.99. The standard InChI is InChI=1S/C13H17N3/c1-9-6-12(8-14)4-5-13(9)16-11(3)7-10(2)15-16/h4-7H,8,14H2,1-3H3. The fraction of sp³-hybridized carbons (Fsp3) is 0.308. The predicted octanol–water partition coefficient (Wildman–Crippen LogP) is 2.26. The third kappa shape index (κ3) is 1.86. The molecule has 0 bridgehead atoms. The summed E-state index contributed by atoms with van der Waals surface area (Å²) < 4.78 is 1.98. The summed E-state index contributed by atoms with van der Waals surface area (Å²) in [5.41, 5.74) is 11.3. The molecule has 0 radical (unpaired) electrons. The van der Waals surface area contributed by atoms with E-state index in [-0.39, 0.29) is 0 Å². The summed E-state index contributed by atoms with van der Waals surface area (Å²) in [7, 11) is 0. The van der Waals surface area contributed by atoms with E-state index in [1.165, 1.54) is 5.56 Å². The first-order valence-corrected chi connectivity index (χ1v) is 5.45. The van der Waals surface area contributed by atoms with Crippen molar-refractivity contribution in [2.75, 3.05) is 0 Å². The summed E-state index contributed by atoms with van der Waals surface area (Å²) in [6.45, 7) is 6.74. The first-order chi connectivity index (χ1) is 7.61.